The van der Waals surface area contributed by atoms with Crippen LogP contribution < -0.4 is 11.1 Å². The molecule has 2 rings (SSSR count). The van der Waals surface area contributed by atoms with Gasteiger partial charge in [-0.1, -0.05) is 6.92 Å². The van der Waals surface area contributed by atoms with Crippen LogP contribution in [0.2, 0.25) is 0 Å². The van der Waals surface area contributed by atoms with Crippen LogP contribution in [0.25, 0.3) is 0 Å². The highest BCUT2D eigenvalue weighted by atomic mass is 79.9. The van der Waals surface area contributed by atoms with Crippen molar-refractivity contribution in [3.63, 3.8) is 0 Å². The Hall–Kier alpha value is -2.20. The van der Waals surface area contributed by atoms with Crippen LogP contribution in [-0.2, 0) is 4.74 Å². The first-order valence-electron chi connectivity index (χ1n) is 6.97. The van der Waals surface area contributed by atoms with E-state index in [-0.39, 0.29) is 27.7 Å². The van der Waals surface area contributed by atoms with Gasteiger partial charge in [-0.25, -0.2) is 4.79 Å². The van der Waals surface area contributed by atoms with Crippen LogP contribution in [-0.4, -0.2) is 34.6 Å². The number of esters is 1. The van der Waals surface area contributed by atoms with Gasteiger partial charge in [0.15, 0.2) is 0 Å². The molecule has 0 aliphatic heterocycles. The van der Waals surface area contributed by atoms with Gasteiger partial charge in [0.1, 0.15) is 10.7 Å². The van der Waals surface area contributed by atoms with Crippen LogP contribution >= 0.6 is 27.3 Å². The number of thiophene rings is 1. The van der Waals surface area contributed by atoms with Crippen LogP contribution in [0.15, 0.2) is 10.7 Å². The second-order valence-electron chi connectivity index (χ2n) is 4.81. The number of aromatic nitrogens is 2. The fourth-order valence-corrected chi connectivity index (χ4v) is 3.36. The van der Waals surface area contributed by atoms with Crippen molar-refractivity contribution in [3.05, 3.63) is 32.4 Å². The zero-order chi connectivity index (χ0) is 17.9. The quantitative estimate of drug-likeness (QED) is 0.625. The van der Waals surface area contributed by atoms with Crippen molar-refractivity contribution in [1.82, 2.24) is 10.2 Å². The number of ether oxygens (including phenoxy) is 1. The SMILES string of the molecule is CCCOC(=O)c1c(NC(=O)c2[nH]ncc2Br)sc(C(N)=O)c1C. The molecule has 0 bridgehead atoms. The highest BCUT2D eigenvalue weighted by Gasteiger charge is 2.26. The summed E-state index contributed by atoms with van der Waals surface area (Å²) in [5.74, 6) is -1.80. The lowest BCUT2D eigenvalue weighted by Crippen LogP contribution is -2.16. The van der Waals surface area contributed by atoms with E-state index >= 15 is 0 Å². The molecule has 2 aromatic heterocycles. The monoisotopic (exact) mass is 414 g/mol. The number of nitrogens with zero attached hydrogens (tertiary/aromatic N) is 1. The number of hydrogen-bond donors (Lipinski definition) is 3. The summed E-state index contributed by atoms with van der Waals surface area (Å²) in [6.45, 7) is 3.68. The Morgan fingerprint density at radius 2 is 2.17 bits per heavy atom. The van der Waals surface area contributed by atoms with Gasteiger partial charge in [0.2, 0.25) is 0 Å². The molecule has 0 spiro atoms. The number of primary amides is 1. The average Bonchev–Trinajstić information content (AvgIpc) is 3.08. The lowest BCUT2D eigenvalue weighted by Gasteiger charge is -2.07. The molecule has 0 aliphatic rings. The van der Waals surface area contributed by atoms with E-state index in [4.69, 9.17) is 10.5 Å². The van der Waals surface area contributed by atoms with E-state index in [0.29, 0.717) is 16.5 Å². The molecule has 2 heterocycles. The summed E-state index contributed by atoms with van der Waals surface area (Å²) >= 11 is 4.12. The summed E-state index contributed by atoms with van der Waals surface area (Å²) in [7, 11) is 0. The Morgan fingerprint density at radius 1 is 1.46 bits per heavy atom. The minimum atomic E-state index is -0.676. The fraction of sp³-hybridized carbons (Fsp3) is 0.286. The predicted molar refractivity (Wildman–Crippen MR) is 92.4 cm³/mol. The number of halogens is 1. The first-order chi connectivity index (χ1) is 11.4. The molecule has 8 nitrogen and oxygen atoms in total. The van der Waals surface area contributed by atoms with Crippen molar-refractivity contribution in [1.29, 1.82) is 0 Å². The largest absolute Gasteiger partial charge is 0.462 e. The van der Waals surface area contributed by atoms with Crippen LogP contribution in [0.1, 0.15) is 49.4 Å². The number of nitrogens with one attached hydrogen (secondary N) is 2. The van der Waals surface area contributed by atoms with Crippen molar-refractivity contribution in [3.8, 4) is 0 Å². The van der Waals surface area contributed by atoms with Crippen molar-refractivity contribution in [2.24, 2.45) is 5.73 Å². The van der Waals surface area contributed by atoms with E-state index in [0.717, 1.165) is 11.3 Å². The molecule has 0 unspecified atom stereocenters. The van der Waals surface area contributed by atoms with E-state index < -0.39 is 17.8 Å². The van der Waals surface area contributed by atoms with E-state index in [1.165, 1.54) is 6.20 Å². The molecule has 0 fully saturated rings. The summed E-state index contributed by atoms with van der Waals surface area (Å²) in [5.41, 5.74) is 6.03. The number of carbonyl (C=O) groups excluding carboxylic acids is 3. The van der Waals surface area contributed by atoms with Gasteiger partial charge in [0.25, 0.3) is 11.8 Å². The van der Waals surface area contributed by atoms with Gasteiger partial charge in [0.05, 0.1) is 27.7 Å². The molecule has 0 atom stereocenters. The minimum absolute atomic E-state index is 0.131. The van der Waals surface area contributed by atoms with Gasteiger partial charge in [-0.3, -0.25) is 14.7 Å². The summed E-state index contributed by atoms with van der Waals surface area (Å²) in [4.78, 5) is 36.3. The molecule has 2 amide bonds. The Balaban J connectivity index is 2.39. The normalized spacial score (nSPS) is 10.5. The zero-order valence-corrected chi connectivity index (χ0v) is 15.3. The van der Waals surface area contributed by atoms with Crippen LogP contribution in [0.5, 0.6) is 0 Å². The van der Waals surface area contributed by atoms with Gasteiger partial charge < -0.3 is 15.8 Å². The summed E-state index contributed by atoms with van der Waals surface area (Å²) in [5, 5.41) is 9.08. The lowest BCUT2D eigenvalue weighted by molar-refractivity contribution is 0.0506. The third-order valence-electron chi connectivity index (χ3n) is 3.06. The van der Waals surface area contributed by atoms with Gasteiger partial charge in [-0.15, -0.1) is 11.3 Å². The van der Waals surface area contributed by atoms with E-state index in [2.05, 4.69) is 31.4 Å². The zero-order valence-electron chi connectivity index (χ0n) is 12.9. The highest BCUT2D eigenvalue weighted by Crippen LogP contribution is 2.34. The van der Waals surface area contributed by atoms with Gasteiger partial charge >= 0.3 is 5.97 Å². The standard InChI is InChI=1S/C14H15BrN4O4S/c1-3-4-23-14(22)8-6(2)10(11(16)20)24-13(8)18-12(21)9-7(15)5-17-19-9/h5H,3-4H2,1-2H3,(H2,16,20)(H,17,19)(H,18,21). The summed E-state index contributed by atoms with van der Waals surface area (Å²) in [6, 6.07) is 0. The number of carbonyl (C=O) groups is 3. The molecule has 0 aliphatic carbocycles. The van der Waals surface area contributed by atoms with Crippen molar-refractivity contribution < 1.29 is 19.1 Å². The second kappa shape index (κ2) is 7.58. The molecule has 0 saturated carbocycles. The molecule has 10 heteroatoms. The lowest BCUT2D eigenvalue weighted by atomic mass is 10.1. The van der Waals surface area contributed by atoms with Crippen LogP contribution in [0, 0.1) is 6.92 Å². The van der Waals surface area contributed by atoms with Gasteiger partial charge in [-0.05, 0) is 34.8 Å². The molecular weight excluding hydrogens is 400 g/mol. The first kappa shape index (κ1) is 18.1. The number of H-pyrrole nitrogens is 1. The number of anilines is 1. The Labute approximate surface area is 149 Å². The predicted octanol–water partition coefficient (Wildman–Crippen LogP) is 2.46. The maximum absolute atomic E-state index is 12.3. The Morgan fingerprint density at radius 3 is 2.71 bits per heavy atom. The number of rotatable bonds is 6. The molecular formula is C14H15BrN4O4S. The third kappa shape index (κ3) is 3.65. The van der Waals surface area contributed by atoms with Gasteiger partial charge in [-0.2, -0.15) is 5.10 Å². The maximum Gasteiger partial charge on any atom is 0.341 e. The molecule has 0 radical (unpaired) electrons. The van der Waals surface area contributed by atoms with Crippen molar-refractivity contribution >= 4 is 50.1 Å². The number of aromatic amines is 1. The number of amides is 2. The summed E-state index contributed by atoms with van der Waals surface area (Å²) < 4.78 is 5.59. The molecule has 24 heavy (non-hydrogen) atoms. The second-order valence-corrected chi connectivity index (χ2v) is 6.68. The third-order valence-corrected chi connectivity index (χ3v) is 4.88. The number of nitrogens with two attached hydrogens (primary N) is 1. The van der Waals surface area contributed by atoms with E-state index in [1.54, 1.807) is 6.92 Å². The van der Waals surface area contributed by atoms with Crippen LogP contribution in [0.4, 0.5) is 5.00 Å². The maximum atomic E-state index is 12.3. The first-order valence-corrected chi connectivity index (χ1v) is 8.58. The fourth-order valence-electron chi connectivity index (χ4n) is 1.95. The smallest absolute Gasteiger partial charge is 0.341 e. The Kier molecular flexibility index (Phi) is 5.73. The summed E-state index contributed by atoms with van der Waals surface area (Å²) in [6.07, 6.45) is 2.08. The van der Waals surface area contributed by atoms with Gasteiger partial charge in [0, 0.05) is 0 Å². The van der Waals surface area contributed by atoms with Crippen LogP contribution in [0.3, 0.4) is 0 Å². The van der Waals surface area contributed by atoms with Crippen molar-refractivity contribution in [2.75, 3.05) is 11.9 Å². The molecule has 4 N–H and O–H groups in total. The van der Waals surface area contributed by atoms with Crippen molar-refractivity contribution in [2.45, 2.75) is 20.3 Å². The molecule has 2 aromatic rings. The topological polar surface area (TPSA) is 127 Å². The minimum Gasteiger partial charge on any atom is -0.462 e. The Bertz CT molecular complexity index is 799. The van der Waals surface area contributed by atoms with E-state index in [1.807, 2.05) is 6.92 Å². The molecule has 0 aromatic carbocycles. The molecule has 128 valence electrons. The molecule has 0 saturated heterocycles. The highest BCUT2D eigenvalue weighted by molar-refractivity contribution is 9.10. The number of hydrogen-bond acceptors (Lipinski definition) is 6. The average molecular weight is 415 g/mol. The van der Waals surface area contributed by atoms with E-state index in [9.17, 15) is 14.4 Å².